The Morgan fingerprint density at radius 2 is 0.980 bits per heavy atom. The molecule has 4 amide bonds. The Morgan fingerprint density at radius 1 is 0.529 bits per heavy atom. The maximum atomic E-state index is 12.0. The topological polar surface area (TPSA) is 94.7 Å². The van der Waals surface area contributed by atoms with Gasteiger partial charge in [0.05, 0.1) is 6.04 Å². The van der Waals surface area contributed by atoms with E-state index >= 15 is 0 Å². The van der Waals surface area contributed by atoms with Gasteiger partial charge in [0.1, 0.15) is 0 Å². The van der Waals surface area contributed by atoms with Crippen LogP contribution in [0.4, 0.5) is 4.79 Å². The van der Waals surface area contributed by atoms with Crippen LogP contribution in [-0.2, 0) is 9.59 Å². The fourth-order valence-electron chi connectivity index (χ4n) is 9.80. The van der Waals surface area contributed by atoms with Crippen LogP contribution < -0.4 is 10.6 Å². The van der Waals surface area contributed by atoms with Crippen molar-refractivity contribution in [1.29, 1.82) is 0 Å². The number of hydrogen-bond donors (Lipinski definition) is 2. The fraction of sp³-hybridized carbons (Fsp3) is 0.925. The Hall–Kier alpha value is -1.95. The summed E-state index contributed by atoms with van der Waals surface area (Å²) in [5.74, 6) is 2.04. The molecule has 6 fully saturated rings. The second-order valence-corrected chi connectivity index (χ2v) is 16.5. The van der Waals surface area contributed by atoms with Gasteiger partial charge in [-0.25, -0.2) is 4.79 Å². The van der Waals surface area contributed by atoms with Crippen LogP contribution in [0.15, 0.2) is 0 Å². The van der Waals surface area contributed by atoms with Crippen molar-refractivity contribution in [3.8, 4) is 0 Å². The summed E-state index contributed by atoms with van der Waals surface area (Å²) in [7, 11) is 10.1. The average molecular weight is 717 g/mol. The molecular weight excluding hydrogens is 640 g/mol. The summed E-state index contributed by atoms with van der Waals surface area (Å²) in [6.45, 7) is 12.1. The monoisotopic (exact) mass is 717 g/mol. The highest BCUT2D eigenvalue weighted by molar-refractivity contribution is 5.81. The zero-order valence-electron chi connectivity index (χ0n) is 33.5. The molecule has 0 saturated carbocycles. The Kier molecular flexibility index (Phi) is 17.8. The lowest BCUT2D eigenvalue weighted by atomic mass is 9.83. The minimum Gasteiger partial charge on any atom is -0.358 e. The van der Waals surface area contributed by atoms with Gasteiger partial charge in [-0.3, -0.25) is 14.5 Å². The molecule has 6 aliphatic heterocycles. The van der Waals surface area contributed by atoms with Crippen LogP contribution in [0.1, 0.15) is 110 Å². The van der Waals surface area contributed by atoms with Crippen LogP contribution in [-0.4, -0.2) is 166 Å². The van der Waals surface area contributed by atoms with Crippen LogP contribution >= 0.6 is 0 Å². The first kappa shape index (κ1) is 41.8. The summed E-state index contributed by atoms with van der Waals surface area (Å²) in [5, 5.41) is 5.61. The molecule has 2 unspecified atom stereocenters. The van der Waals surface area contributed by atoms with E-state index in [-0.39, 0.29) is 18.0 Å². The fourth-order valence-corrected chi connectivity index (χ4v) is 9.80. The van der Waals surface area contributed by atoms with Crippen molar-refractivity contribution < 1.29 is 14.4 Å². The molecule has 0 aromatic carbocycles. The summed E-state index contributed by atoms with van der Waals surface area (Å²) in [6, 6.07) is 1.90. The first-order valence-corrected chi connectivity index (χ1v) is 21.0. The Balaban J connectivity index is 0.000000172. The van der Waals surface area contributed by atoms with Crippen LogP contribution in [0.3, 0.4) is 0 Å². The van der Waals surface area contributed by atoms with E-state index in [1.165, 1.54) is 123 Å². The molecule has 0 radical (unpaired) electrons. The lowest BCUT2D eigenvalue weighted by Gasteiger charge is -2.43. The van der Waals surface area contributed by atoms with Crippen molar-refractivity contribution in [3.63, 3.8) is 0 Å². The molecule has 0 aromatic rings. The quantitative estimate of drug-likeness (QED) is 0.438. The number of amides is 4. The van der Waals surface area contributed by atoms with Crippen LogP contribution in [0, 0.1) is 11.8 Å². The number of nitrogens with one attached hydrogen (secondary N) is 2. The maximum absolute atomic E-state index is 12.0. The third-order valence-corrected chi connectivity index (χ3v) is 13.1. The third-order valence-electron chi connectivity index (χ3n) is 13.1. The average Bonchev–Trinajstić information content (AvgIpc) is 3.18. The van der Waals surface area contributed by atoms with Crippen molar-refractivity contribution in [2.75, 3.05) is 94.1 Å². The molecule has 0 spiro atoms. The first-order valence-electron chi connectivity index (χ1n) is 21.0. The second-order valence-electron chi connectivity index (χ2n) is 16.5. The minimum atomic E-state index is 0.119. The van der Waals surface area contributed by atoms with E-state index in [0.717, 1.165) is 38.4 Å². The van der Waals surface area contributed by atoms with Crippen molar-refractivity contribution in [1.82, 2.24) is 40.0 Å². The molecule has 0 aromatic heterocycles. The summed E-state index contributed by atoms with van der Waals surface area (Å²) in [4.78, 5) is 49.7. The van der Waals surface area contributed by atoms with Crippen molar-refractivity contribution >= 4 is 17.8 Å². The molecule has 6 aliphatic rings. The SMILES string of the molecule is CCC(=O)N1CCCCC1C1CCN(C)CC1.CNC(=O)N1CCCCC1C1CCN(C)CC1.CNC(=O)[C@@H]1CCCCN1C1CCN(C)CC1. The lowest BCUT2D eigenvalue weighted by Crippen LogP contribution is -2.55. The zero-order valence-corrected chi connectivity index (χ0v) is 33.5. The smallest absolute Gasteiger partial charge is 0.317 e. The molecule has 2 N–H and O–H groups in total. The van der Waals surface area contributed by atoms with Crippen LogP contribution in [0.2, 0.25) is 0 Å². The summed E-state index contributed by atoms with van der Waals surface area (Å²) in [6.07, 6.45) is 19.0. The van der Waals surface area contributed by atoms with Gasteiger partial charge in [-0.1, -0.05) is 13.3 Å². The van der Waals surface area contributed by atoms with Gasteiger partial charge in [-0.05, 0) is 169 Å². The second kappa shape index (κ2) is 21.7. The molecule has 294 valence electrons. The highest BCUT2D eigenvalue weighted by Gasteiger charge is 2.36. The van der Waals surface area contributed by atoms with Gasteiger partial charge in [0, 0.05) is 51.7 Å². The number of carbonyl (C=O) groups is 3. The summed E-state index contributed by atoms with van der Waals surface area (Å²) in [5.41, 5.74) is 0. The van der Waals surface area contributed by atoms with E-state index in [0.29, 0.717) is 36.4 Å². The van der Waals surface area contributed by atoms with Gasteiger partial charge in [0.2, 0.25) is 11.8 Å². The zero-order chi connectivity index (χ0) is 36.8. The Bertz CT molecular complexity index is 910. The highest BCUT2D eigenvalue weighted by Crippen LogP contribution is 2.32. The maximum Gasteiger partial charge on any atom is 0.317 e. The van der Waals surface area contributed by atoms with Gasteiger partial charge in [-0.2, -0.15) is 0 Å². The molecule has 11 nitrogen and oxygen atoms in total. The highest BCUT2D eigenvalue weighted by atomic mass is 16.2. The molecule has 11 heteroatoms. The van der Waals surface area contributed by atoms with E-state index in [4.69, 9.17) is 0 Å². The number of likely N-dealkylation sites (tertiary alicyclic amines) is 6. The molecule has 6 rings (SSSR count). The van der Waals surface area contributed by atoms with E-state index in [1.54, 1.807) is 14.1 Å². The predicted octanol–water partition coefficient (Wildman–Crippen LogP) is 4.32. The van der Waals surface area contributed by atoms with Gasteiger partial charge in [0.25, 0.3) is 0 Å². The van der Waals surface area contributed by atoms with Crippen molar-refractivity contribution in [2.45, 2.75) is 134 Å². The Labute approximate surface area is 311 Å². The van der Waals surface area contributed by atoms with Gasteiger partial charge >= 0.3 is 6.03 Å². The van der Waals surface area contributed by atoms with Gasteiger partial charge in [0.15, 0.2) is 0 Å². The standard InChI is InChI=1S/C14H26N2O.2C13H25N3O/c1-3-14(17)16-9-5-4-6-13(16)12-7-10-15(2)11-8-12;1-14-13(17)12-5-3-4-8-16(12)11-6-9-15(2)10-7-11;1-14-13(17)16-8-4-3-5-12(16)11-6-9-15(2)10-7-11/h12-13H,3-11H2,1-2H3;2*11-12H,3-10H2,1-2H3,(H,14,17)/t;12-;/m.0./s1. The minimum absolute atomic E-state index is 0.119. The van der Waals surface area contributed by atoms with Crippen LogP contribution in [0.5, 0.6) is 0 Å². The Morgan fingerprint density at radius 3 is 1.47 bits per heavy atom. The van der Waals surface area contributed by atoms with E-state index < -0.39 is 0 Å². The van der Waals surface area contributed by atoms with Crippen molar-refractivity contribution in [2.24, 2.45) is 11.8 Å². The van der Waals surface area contributed by atoms with Gasteiger partial charge < -0.3 is 35.1 Å². The lowest BCUT2D eigenvalue weighted by molar-refractivity contribution is -0.136. The first-order chi connectivity index (χ1) is 24.7. The molecule has 0 aliphatic carbocycles. The van der Waals surface area contributed by atoms with E-state index in [1.807, 2.05) is 6.92 Å². The number of nitrogens with zero attached hydrogens (tertiary/aromatic N) is 6. The van der Waals surface area contributed by atoms with E-state index in [2.05, 4.69) is 61.2 Å². The predicted molar refractivity (Wildman–Crippen MR) is 208 cm³/mol. The third kappa shape index (κ3) is 12.3. The molecule has 6 heterocycles. The number of urea groups is 1. The normalized spacial score (nSPS) is 28.5. The molecule has 6 saturated heterocycles. The molecular formula is C40H76N8O3. The van der Waals surface area contributed by atoms with Crippen molar-refractivity contribution in [3.05, 3.63) is 0 Å². The largest absolute Gasteiger partial charge is 0.358 e. The number of rotatable bonds is 5. The van der Waals surface area contributed by atoms with E-state index in [9.17, 15) is 14.4 Å². The van der Waals surface area contributed by atoms with Gasteiger partial charge in [-0.15, -0.1) is 0 Å². The molecule has 51 heavy (non-hydrogen) atoms. The van der Waals surface area contributed by atoms with Crippen LogP contribution in [0.25, 0.3) is 0 Å². The summed E-state index contributed by atoms with van der Waals surface area (Å²) < 4.78 is 0. The summed E-state index contributed by atoms with van der Waals surface area (Å²) >= 11 is 0. The number of likely N-dealkylation sites (N-methyl/N-ethyl adjacent to an activating group) is 1. The molecule has 0 bridgehead atoms. The molecule has 3 atom stereocenters. The number of piperidine rings is 6. The number of carbonyl (C=O) groups excluding carboxylic acids is 3. The number of hydrogen-bond acceptors (Lipinski definition) is 7.